The van der Waals surface area contributed by atoms with E-state index in [4.69, 9.17) is 14.2 Å². The summed E-state index contributed by atoms with van der Waals surface area (Å²) in [5, 5.41) is 3.35. The van der Waals surface area contributed by atoms with Gasteiger partial charge < -0.3 is 19.5 Å². The Hall–Kier alpha value is -0.420. The lowest BCUT2D eigenvalue weighted by Gasteiger charge is -2.26. The Bertz CT molecular complexity index is 188. The fourth-order valence-corrected chi connectivity index (χ4v) is 1.36. The summed E-state index contributed by atoms with van der Waals surface area (Å²) >= 11 is 0. The van der Waals surface area contributed by atoms with E-state index in [9.17, 15) is 0 Å². The van der Waals surface area contributed by atoms with Gasteiger partial charge >= 0.3 is 0 Å². The van der Waals surface area contributed by atoms with Crippen LogP contribution in [0.5, 0.6) is 0 Å². The van der Waals surface area contributed by atoms with E-state index < -0.39 is 0 Å². The van der Waals surface area contributed by atoms with E-state index in [0.717, 1.165) is 32.7 Å². The molecule has 0 bridgehead atoms. The van der Waals surface area contributed by atoms with Gasteiger partial charge in [-0.15, -0.1) is 6.58 Å². The van der Waals surface area contributed by atoms with Crippen molar-refractivity contribution >= 4 is 0 Å². The first-order chi connectivity index (χ1) is 8.18. The maximum Gasteiger partial charge on any atom is 0.0700 e. The molecular weight excluding hydrogens is 218 g/mol. The maximum absolute atomic E-state index is 5.47. The predicted octanol–water partition coefficient (Wildman–Crippen LogP) is 1.47. The Balaban J connectivity index is 3.65. The highest BCUT2D eigenvalue weighted by Crippen LogP contribution is 2.21. The van der Waals surface area contributed by atoms with Gasteiger partial charge in [0.05, 0.1) is 19.8 Å². The van der Waals surface area contributed by atoms with Gasteiger partial charge in [0.25, 0.3) is 0 Å². The lowest BCUT2D eigenvalue weighted by molar-refractivity contribution is 0.0588. The molecule has 102 valence electrons. The zero-order valence-corrected chi connectivity index (χ0v) is 11.5. The molecule has 0 spiro atoms. The summed E-state index contributed by atoms with van der Waals surface area (Å²) in [6.07, 6.45) is 2.95. The summed E-state index contributed by atoms with van der Waals surface area (Å²) in [6, 6.07) is 0. The molecule has 0 saturated carbocycles. The molecule has 0 aromatic carbocycles. The topological polar surface area (TPSA) is 39.7 Å². The molecule has 0 aromatic rings. The van der Waals surface area contributed by atoms with Crippen LogP contribution in [0.2, 0.25) is 0 Å². The van der Waals surface area contributed by atoms with Crippen molar-refractivity contribution in [3.63, 3.8) is 0 Å². The van der Waals surface area contributed by atoms with Crippen molar-refractivity contribution in [1.29, 1.82) is 0 Å². The second kappa shape index (κ2) is 10.7. The van der Waals surface area contributed by atoms with Gasteiger partial charge in [0.15, 0.2) is 0 Å². The molecule has 1 N–H and O–H groups in total. The van der Waals surface area contributed by atoms with E-state index in [1.807, 2.05) is 6.08 Å². The van der Waals surface area contributed by atoms with Gasteiger partial charge in [-0.3, -0.25) is 0 Å². The monoisotopic (exact) mass is 245 g/mol. The fourth-order valence-electron chi connectivity index (χ4n) is 1.36. The quantitative estimate of drug-likeness (QED) is 0.417. The zero-order chi connectivity index (χ0) is 13.0. The first kappa shape index (κ1) is 16.6. The molecule has 1 unspecified atom stereocenters. The van der Waals surface area contributed by atoms with E-state index in [0.29, 0.717) is 13.2 Å². The van der Waals surface area contributed by atoms with E-state index >= 15 is 0 Å². The van der Waals surface area contributed by atoms with Crippen molar-refractivity contribution in [3.8, 4) is 0 Å². The average molecular weight is 245 g/mol. The highest BCUT2D eigenvalue weighted by Gasteiger charge is 2.19. The van der Waals surface area contributed by atoms with E-state index in [1.165, 1.54) is 0 Å². The van der Waals surface area contributed by atoms with Crippen LogP contribution < -0.4 is 5.32 Å². The summed E-state index contributed by atoms with van der Waals surface area (Å²) in [5.74, 6) is 0. The van der Waals surface area contributed by atoms with Gasteiger partial charge in [-0.2, -0.15) is 0 Å². The van der Waals surface area contributed by atoms with Crippen LogP contribution in [0.4, 0.5) is 0 Å². The third-order valence-corrected chi connectivity index (χ3v) is 2.75. The van der Waals surface area contributed by atoms with Crippen molar-refractivity contribution in [2.75, 3.05) is 53.7 Å². The van der Waals surface area contributed by atoms with Gasteiger partial charge in [0.2, 0.25) is 0 Å². The molecule has 0 aliphatic heterocycles. The second-order valence-electron chi connectivity index (χ2n) is 4.38. The van der Waals surface area contributed by atoms with Crippen molar-refractivity contribution < 1.29 is 14.2 Å². The van der Waals surface area contributed by atoms with Crippen LogP contribution >= 0.6 is 0 Å². The van der Waals surface area contributed by atoms with Crippen LogP contribution in [-0.2, 0) is 14.2 Å². The maximum atomic E-state index is 5.47. The molecule has 0 heterocycles. The lowest BCUT2D eigenvalue weighted by Crippen LogP contribution is -2.33. The van der Waals surface area contributed by atoms with E-state index in [2.05, 4.69) is 18.8 Å². The Labute approximate surface area is 105 Å². The Morgan fingerprint density at radius 1 is 1.12 bits per heavy atom. The van der Waals surface area contributed by atoms with E-state index in [1.54, 1.807) is 14.2 Å². The minimum Gasteiger partial charge on any atom is -0.383 e. The third-order valence-electron chi connectivity index (χ3n) is 2.75. The summed E-state index contributed by atoms with van der Waals surface area (Å²) < 4.78 is 15.4. The number of methoxy groups -OCH3 is 2. The Morgan fingerprint density at radius 3 is 2.41 bits per heavy atom. The third kappa shape index (κ3) is 9.30. The van der Waals surface area contributed by atoms with Crippen LogP contribution in [0.3, 0.4) is 0 Å². The molecule has 0 radical (unpaired) electrons. The number of rotatable bonds is 12. The molecule has 0 rings (SSSR count). The smallest absolute Gasteiger partial charge is 0.0700 e. The Kier molecular flexibility index (Phi) is 10.5. The van der Waals surface area contributed by atoms with Gasteiger partial charge in [0.1, 0.15) is 0 Å². The summed E-state index contributed by atoms with van der Waals surface area (Å²) in [7, 11) is 3.38. The Morgan fingerprint density at radius 2 is 1.82 bits per heavy atom. The van der Waals surface area contributed by atoms with Gasteiger partial charge in [-0.05, 0) is 11.8 Å². The van der Waals surface area contributed by atoms with Crippen molar-refractivity contribution in [1.82, 2.24) is 5.32 Å². The van der Waals surface area contributed by atoms with Crippen molar-refractivity contribution in [2.45, 2.75) is 13.3 Å². The van der Waals surface area contributed by atoms with Gasteiger partial charge in [0, 0.05) is 33.9 Å². The minimum atomic E-state index is 0.0703. The SMILES string of the molecule is C=CC(C)(CCOCCOC)CNCCOC. The minimum absolute atomic E-state index is 0.0703. The van der Waals surface area contributed by atoms with Gasteiger partial charge in [-0.25, -0.2) is 0 Å². The van der Waals surface area contributed by atoms with Crippen LogP contribution in [0.25, 0.3) is 0 Å². The fraction of sp³-hybridized carbons (Fsp3) is 0.846. The van der Waals surface area contributed by atoms with Gasteiger partial charge in [-0.1, -0.05) is 13.0 Å². The number of nitrogens with one attached hydrogen (secondary N) is 1. The second-order valence-corrected chi connectivity index (χ2v) is 4.38. The molecule has 0 fully saturated rings. The zero-order valence-electron chi connectivity index (χ0n) is 11.5. The van der Waals surface area contributed by atoms with Crippen molar-refractivity contribution in [3.05, 3.63) is 12.7 Å². The van der Waals surface area contributed by atoms with Crippen LogP contribution in [-0.4, -0.2) is 53.7 Å². The molecular formula is C13H27NO3. The number of ether oxygens (including phenoxy) is 3. The van der Waals surface area contributed by atoms with Crippen LogP contribution in [0, 0.1) is 5.41 Å². The van der Waals surface area contributed by atoms with Crippen molar-refractivity contribution in [2.24, 2.45) is 5.41 Å². The summed E-state index contributed by atoms with van der Waals surface area (Å²) in [5.41, 5.74) is 0.0703. The predicted molar refractivity (Wildman–Crippen MR) is 70.4 cm³/mol. The number of hydrogen-bond acceptors (Lipinski definition) is 4. The van der Waals surface area contributed by atoms with Crippen LogP contribution in [0.1, 0.15) is 13.3 Å². The average Bonchev–Trinajstić information content (AvgIpc) is 2.34. The standard InChI is InChI=1S/C13H27NO3/c1-5-13(2,12-14-7-9-15-3)6-8-17-11-10-16-4/h5,14H,1,6-12H2,2-4H3. The molecule has 4 heteroatoms. The first-order valence-corrected chi connectivity index (χ1v) is 6.08. The molecule has 0 aliphatic carbocycles. The molecule has 0 aromatic heterocycles. The normalized spacial score (nSPS) is 14.5. The lowest BCUT2D eigenvalue weighted by atomic mass is 9.87. The largest absolute Gasteiger partial charge is 0.383 e. The molecule has 17 heavy (non-hydrogen) atoms. The van der Waals surface area contributed by atoms with Crippen LogP contribution in [0.15, 0.2) is 12.7 Å². The molecule has 0 saturated heterocycles. The first-order valence-electron chi connectivity index (χ1n) is 6.08. The highest BCUT2D eigenvalue weighted by molar-refractivity contribution is 4.92. The molecule has 4 nitrogen and oxygen atoms in total. The molecule has 1 atom stereocenters. The molecule has 0 amide bonds. The number of hydrogen-bond donors (Lipinski definition) is 1. The summed E-state index contributed by atoms with van der Waals surface area (Å²) in [4.78, 5) is 0. The highest BCUT2D eigenvalue weighted by atomic mass is 16.5. The van der Waals surface area contributed by atoms with E-state index in [-0.39, 0.29) is 5.41 Å². The molecule has 0 aliphatic rings. The summed E-state index contributed by atoms with van der Waals surface area (Å²) in [6.45, 7) is 10.6.